The quantitative estimate of drug-likeness (QED) is 0.509. The third-order valence-corrected chi connectivity index (χ3v) is 3.61. The molecule has 0 bridgehead atoms. The van der Waals surface area contributed by atoms with E-state index in [9.17, 15) is 4.39 Å². The van der Waals surface area contributed by atoms with Crippen LogP contribution in [-0.2, 0) is 0 Å². The Morgan fingerprint density at radius 2 is 1.43 bits per heavy atom. The fraction of sp³-hybridized carbons (Fsp3) is 0.667. The molecule has 0 aliphatic carbocycles. The van der Waals surface area contributed by atoms with Crippen LogP contribution < -0.4 is 4.74 Å². The molecule has 0 aliphatic rings. The van der Waals surface area contributed by atoms with Crippen molar-refractivity contribution in [1.29, 1.82) is 0 Å². The molecule has 0 amide bonds. The van der Waals surface area contributed by atoms with Gasteiger partial charge < -0.3 is 9.64 Å². The van der Waals surface area contributed by atoms with Crippen LogP contribution in [0, 0.1) is 5.82 Å². The highest BCUT2D eigenvalue weighted by molar-refractivity contribution is 5.21. The van der Waals surface area contributed by atoms with Crippen LogP contribution in [0.2, 0.25) is 0 Å². The number of unbranched alkanes of at least 4 members (excludes halogenated alkanes) is 3. The molecule has 0 radical (unpaired) electrons. The van der Waals surface area contributed by atoms with Crippen molar-refractivity contribution in [3.63, 3.8) is 0 Å². The first kappa shape index (κ1) is 18.0. The van der Waals surface area contributed by atoms with Crippen molar-refractivity contribution in [3.05, 3.63) is 30.1 Å². The minimum absolute atomic E-state index is 0.218. The minimum Gasteiger partial charge on any atom is -0.494 e. The van der Waals surface area contributed by atoms with Gasteiger partial charge in [0.2, 0.25) is 0 Å². The smallest absolute Gasteiger partial charge is 0.123 e. The average Bonchev–Trinajstić information content (AvgIpc) is 2.50. The molecule has 21 heavy (non-hydrogen) atoms. The number of hydrogen-bond donors (Lipinski definition) is 0. The lowest BCUT2D eigenvalue weighted by Crippen LogP contribution is -2.27. The van der Waals surface area contributed by atoms with Crippen molar-refractivity contribution < 1.29 is 9.13 Å². The Balaban J connectivity index is 2.13. The van der Waals surface area contributed by atoms with Gasteiger partial charge in [0.25, 0.3) is 0 Å². The highest BCUT2D eigenvalue weighted by Gasteiger charge is 2.03. The molecule has 0 N–H and O–H groups in total. The lowest BCUT2D eigenvalue weighted by atomic mass is 10.2. The predicted molar refractivity (Wildman–Crippen MR) is 87.4 cm³/mol. The normalized spacial score (nSPS) is 11.0. The second-order valence-electron chi connectivity index (χ2n) is 5.56. The molecule has 2 nitrogen and oxygen atoms in total. The number of nitrogens with zero attached hydrogens (tertiary/aromatic N) is 1. The molecule has 120 valence electrons. The van der Waals surface area contributed by atoms with Gasteiger partial charge >= 0.3 is 0 Å². The Morgan fingerprint density at radius 3 is 2.00 bits per heavy atom. The van der Waals surface area contributed by atoms with Crippen LogP contribution in [0.25, 0.3) is 0 Å². The SMILES string of the molecule is CCCCN(CCCC)CCCCOc1ccc(F)cc1. The molecule has 1 aromatic rings. The summed E-state index contributed by atoms with van der Waals surface area (Å²) in [7, 11) is 0. The summed E-state index contributed by atoms with van der Waals surface area (Å²) in [6, 6.07) is 6.24. The van der Waals surface area contributed by atoms with E-state index in [0.717, 1.165) is 25.1 Å². The first-order valence-electron chi connectivity index (χ1n) is 8.37. The van der Waals surface area contributed by atoms with E-state index < -0.39 is 0 Å². The van der Waals surface area contributed by atoms with E-state index in [2.05, 4.69) is 18.7 Å². The Bertz CT molecular complexity index is 345. The Hall–Kier alpha value is -1.09. The van der Waals surface area contributed by atoms with E-state index in [4.69, 9.17) is 4.74 Å². The van der Waals surface area contributed by atoms with E-state index in [1.54, 1.807) is 12.1 Å². The van der Waals surface area contributed by atoms with Crippen LogP contribution in [0.3, 0.4) is 0 Å². The average molecular weight is 295 g/mol. The molecule has 0 aliphatic heterocycles. The van der Waals surface area contributed by atoms with Gasteiger partial charge in [-0.25, -0.2) is 4.39 Å². The zero-order chi connectivity index (χ0) is 15.3. The summed E-state index contributed by atoms with van der Waals surface area (Å²) < 4.78 is 18.4. The maximum Gasteiger partial charge on any atom is 0.123 e. The number of hydrogen-bond acceptors (Lipinski definition) is 2. The van der Waals surface area contributed by atoms with Gasteiger partial charge in [-0.1, -0.05) is 26.7 Å². The molecule has 0 atom stereocenters. The Morgan fingerprint density at radius 1 is 0.857 bits per heavy atom. The summed E-state index contributed by atoms with van der Waals surface area (Å²) in [6.07, 6.45) is 7.30. The zero-order valence-electron chi connectivity index (χ0n) is 13.6. The van der Waals surface area contributed by atoms with Gasteiger partial charge in [-0.05, 0) is 69.6 Å². The highest BCUT2D eigenvalue weighted by atomic mass is 19.1. The largest absolute Gasteiger partial charge is 0.494 e. The Kier molecular flexibility index (Phi) is 9.88. The van der Waals surface area contributed by atoms with Crippen molar-refractivity contribution in [3.8, 4) is 5.75 Å². The Labute approximate surface area is 129 Å². The number of rotatable bonds is 12. The standard InChI is InChI=1S/C18H30FNO/c1-3-5-13-20(14-6-4-2)15-7-8-16-21-18-11-9-17(19)10-12-18/h9-12H,3-8,13-16H2,1-2H3. The minimum atomic E-state index is -0.218. The van der Waals surface area contributed by atoms with Crippen molar-refractivity contribution in [1.82, 2.24) is 4.90 Å². The molecule has 0 saturated heterocycles. The van der Waals surface area contributed by atoms with Crippen molar-refractivity contribution in [2.45, 2.75) is 52.4 Å². The lowest BCUT2D eigenvalue weighted by molar-refractivity contribution is 0.243. The molecular weight excluding hydrogens is 265 g/mol. The molecule has 0 unspecified atom stereocenters. The first-order valence-corrected chi connectivity index (χ1v) is 8.37. The summed E-state index contributed by atoms with van der Waals surface area (Å²) in [6.45, 7) is 8.79. The summed E-state index contributed by atoms with van der Waals surface area (Å²) >= 11 is 0. The fourth-order valence-corrected chi connectivity index (χ4v) is 2.26. The van der Waals surface area contributed by atoms with Crippen molar-refractivity contribution in [2.24, 2.45) is 0 Å². The molecule has 0 aromatic heterocycles. The van der Waals surface area contributed by atoms with Crippen LogP contribution in [-0.4, -0.2) is 31.1 Å². The summed E-state index contributed by atoms with van der Waals surface area (Å²) in [4.78, 5) is 2.57. The molecule has 3 heteroatoms. The van der Waals surface area contributed by atoms with Gasteiger partial charge in [0.1, 0.15) is 11.6 Å². The van der Waals surface area contributed by atoms with Gasteiger partial charge in [-0.2, -0.15) is 0 Å². The maximum absolute atomic E-state index is 12.8. The monoisotopic (exact) mass is 295 g/mol. The van der Waals surface area contributed by atoms with Crippen LogP contribution in [0.15, 0.2) is 24.3 Å². The second kappa shape index (κ2) is 11.6. The van der Waals surface area contributed by atoms with Gasteiger partial charge in [0, 0.05) is 0 Å². The summed E-state index contributed by atoms with van der Waals surface area (Å²) in [5.74, 6) is 0.537. The molecule has 0 saturated carbocycles. The highest BCUT2D eigenvalue weighted by Crippen LogP contribution is 2.11. The lowest BCUT2D eigenvalue weighted by Gasteiger charge is -2.21. The molecule has 1 aromatic carbocycles. The van der Waals surface area contributed by atoms with Crippen LogP contribution in [0.1, 0.15) is 52.4 Å². The van der Waals surface area contributed by atoms with E-state index in [1.165, 1.54) is 50.9 Å². The first-order chi connectivity index (χ1) is 10.3. The number of halogens is 1. The van der Waals surface area contributed by atoms with E-state index >= 15 is 0 Å². The van der Waals surface area contributed by atoms with Gasteiger partial charge in [-0.15, -0.1) is 0 Å². The molecular formula is C18H30FNO. The number of benzene rings is 1. The summed E-state index contributed by atoms with van der Waals surface area (Å²) in [5, 5.41) is 0. The van der Waals surface area contributed by atoms with Gasteiger partial charge in [0.15, 0.2) is 0 Å². The van der Waals surface area contributed by atoms with E-state index in [1.807, 2.05) is 0 Å². The van der Waals surface area contributed by atoms with Crippen molar-refractivity contribution in [2.75, 3.05) is 26.2 Å². The van der Waals surface area contributed by atoms with Crippen LogP contribution in [0.5, 0.6) is 5.75 Å². The van der Waals surface area contributed by atoms with E-state index in [0.29, 0.717) is 6.61 Å². The fourth-order valence-electron chi connectivity index (χ4n) is 2.26. The topological polar surface area (TPSA) is 12.5 Å². The van der Waals surface area contributed by atoms with Crippen molar-refractivity contribution >= 4 is 0 Å². The molecule has 0 spiro atoms. The molecule has 1 rings (SSSR count). The third kappa shape index (κ3) is 8.71. The van der Waals surface area contributed by atoms with Gasteiger partial charge in [0.05, 0.1) is 6.61 Å². The maximum atomic E-state index is 12.8. The van der Waals surface area contributed by atoms with Crippen LogP contribution in [0.4, 0.5) is 4.39 Å². The molecule has 0 fully saturated rings. The summed E-state index contributed by atoms with van der Waals surface area (Å²) in [5.41, 5.74) is 0. The van der Waals surface area contributed by atoms with E-state index in [-0.39, 0.29) is 5.82 Å². The zero-order valence-corrected chi connectivity index (χ0v) is 13.6. The third-order valence-electron chi connectivity index (χ3n) is 3.61. The molecule has 0 heterocycles. The predicted octanol–water partition coefficient (Wildman–Crippen LogP) is 4.89. The number of ether oxygens (including phenoxy) is 1. The van der Waals surface area contributed by atoms with Crippen LogP contribution >= 0.6 is 0 Å². The second-order valence-corrected chi connectivity index (χ2v) is 5.56. The van der Waals surface area contributed by atoms with Gasteiger partial charge in [-0.3, -0.25) is 0 Å².